The van der Waals surface area contributed by atoms with E-state index in [1.54, 1.807) is 16.5 Å². The van der Waals surface area contributed by atoms with Gasteiger partial charge in [-0.25, -0.2) is 4.98 Å². The number of nitrogens with one attached hydrogen (secondary N) is 5. The molecule has 3 heterocycles. The van der Waals surface area contributed by atoms with Crippen LogP contribution in [0.2, 0.25) is 0 Å². The summed E-state index contributed by atoms with van der Waals surface area (Å²) in [5.74, 6) is -2.21. The Hall–Kier alpha value is -4.31. The zero-order valence-corrected chi connectivity index (χ0v) is 38.0. The molecular weight excluding hydrogens is 789 g/mol. The van der Waals surface area contributed by atoms with Gasteiger partial charge in [0.2, 0.25) is 29.5 Å². The van der Waals surface area contributed by atoms with Gasteiger partial charge < -0.3 is 31.5 Å². The molecule has 0 unspecified atom stereocenters. The van der Waals surface area contributed by atoms with Gasteiger partial charge in [-0.15, -0.1) is 11.3 Å². The molecule has 0 spiro atoms. The van der Waals surface area contributed by atoms with Gasteiger partial charge in [0.15, 0.2) is 5.12 Å². The minimum atomic E-state index is -1.09. The lowest BCUT2D eigenvalue weighted by Gasteiger charge is -2.39. The number of nitrogens with zero attached hydrogens (tertiary/aromatic N) is 3. The summed E-state index contributed by atoms with van der Waals surface area (Å²) in [7, 11) is 0. The highest BCUT2D eigenvalue weighted by atomic mass is 32.2. The summed E-state index contributed by atoms with van der Waals surface area (Å²) in [6.45, 7) is 20.8. The second-order valence-electron chi connectivity index (χ2n) is 18.1. The van der Waals surface area contributed by atoms with Crippen LogP contribution in [-0.2, 0) is 28.8 Å². The molecule has 2 aliphatic heterocycles. The number of amides is 5. The van der Waals surface area contributed by atoms with E-state index in [-0.39, 0.29) is 47.6 Å². The lowest BCUT2D eigenvalue weighted by Crippen LogP contribution is -2.65. The van der Waals surface area contributed by atoms with Crippen molar-refractivity contribution in [3.05, 3.63) is 52.5 Å². The van der Waals surface area contributed by atoms with Crippen LogP contribution in [0.25, 0.3) is 0 Å². The number of carbonyl (C=O) groups excluding carboxylic acids is 6. The van der Waals surface area contributed by atoms with E-state index in [9.17, 15) is 28.8 Å². The van der Waals surface area contributed by atoms with Crippen LogP contribution in [0.3, 0.4) is 0 Å². The van der Waals surface area contributed by atoms with Crippen molar-refractivity contribution in [2.24, 2.45) is 27.7 Å². The third-order valence-electron chi connectivity index (χ3n) is 10.9. The minimum Gasteiger partial charge on any atom is -0.360 e. The maximum absolute atomic E-state index is 14.8. The Balaban J connectivity index is 1.75. The molecule has 2 aromatic rings. The SMILES string of the molecule is CCSC(=O)C[C@@H](NC(=O)[C@@H](NC(=O)[C@@H](NC1=NCC(=O)N2CC[C@@H](C)[C@H]2C(=O)N[C@@H](C(C)C)C(=O)N[C@H]1C(C)(C)C)C(C)(C)C)[C@@H](C)c1ccccc1)c1nccs1. The molecule has 0 radical (unpaired) electrons. The third kappa shape index (κ3) is 12.4. The molecule has 0 aliphatic carbocycles. The van der Waals surface area contributed by atoms with Crippen LogP contribution >= 0.6 is 23.1 Å². The predicted octanol–water partition coefficient (Wildman–Crippen LogP) is 4.58. The zero-order valence-electron chi connectivity index (χ0n) is 36.4. The van der Waals surface area contributed by atoms with Gasteiger partial charge in [0.25, 0.3) is 0 Å². The number of benzene rings is 1. The molecule has 1 fully saturated rings. The highest BCUT2D eigenvalue weighted by Gasteiger charge is 2.44. The number of thioether (sulfide) groups is 1. The zero-order chi connectivity index (χ0) is 43.8. The number of rotatable bonds is 12. The van der Waals surface area contributed by atoms with E-state index in [1.807, 2.05) is 106 Å². The predicted molar refractivity (Wildman–Crippen MR) is 234 cm³/mol. The van der Waals surface area contributed by atoms with E-state index in [0.717, 1.165) is 5.56 Å². The second kappa shape index (κ2) is 20.3. The van der Waals surface area contributed by atoms with Crippen molar-refractivity contribution in [2.45, 2.75) is 131 Å². The molecule has 0 saturated carbocycles. The molecule has 2 aliphatic rings. The maximum atomic E-state index is 14.8. The molecule has 5 N–H and O–H groups in total. The quantitative estimate of drug-likeness (QED) is 0.204. The Morgan fingerprint density at radius 2 is 1.64 bits per heavy atom. The van der Waals surface area contributed by atoms with Crippen molar-refractivity contribution in [1.82, 2.24) is 36.5 Å². The molecule has 0 bridgehead atoms. The highest BCUT2D eigenvalue weighted by molar-refractivity contribution is 8.13. The van der Waals surface area contributed by atoms with Gasteiger partial charge in [0.1, 0.15) is 41.6 Å². The number of carbonyl (C=O) groups is 6. The van der Waals surface area contributed by atoms with Crippen molar-refractivity contribution < 1.29 is 28.8 Å². The first kappa shape index (κ1) is 47.4. The maximum Gasteiger partial charge on any atom is 0.244 e. The van der Waals surface area contributed by atoms with Crippen LogP contribution in [0.15, 0.2) is 46.9 Å². The van der Waals surface area contributed by atoms with Gasteiger partial charge in [-0.3, -0.25) is 33.8 Å². The van der Waals surface area contributed by atoms with Gasteiger partial charge in [0.05, 0.1) is 12.1 Å². The van der Waals surface area contributed by atoms with E-state index in [1.165, 1.54) is 23.1 Å². The summed E-state index contributed by atoms with van der Waals surface area (Å²) >= 11 is 2.51. The fourth-order valence-corrected chi connectivity index (χ4v) is 8.77. The van der Waals surface area contributed by atoms with E-state index >= 15 is 0 Å². The summed E-state index contributed by atoms with van der Waals surface area (Å²) < 4.78 is 0. The Morgan fingerprint density at radius 1 is 0.966 bits per heavy atom. The topological polar surface area (TPSA) is 191 Å². The number of fused-ring (bicyclic) bond motifs is 1. The van der Waals surface area contributed by atoms with Crippen molar-refractivity contribution in [3.63, 3.8) is 0 Å². The molecule has 8 atom stereocenters. The molecule has 1 aromatic heterocycles. The van der Waals surface area contributed by atoms with Gasteiger partial charge in [-0.05, 0) is 40.4 Å². The average molecular weight is 853 g/mol. The summed E-state index contributed by atoms with van der Waals surface area (Å²) in [4.78, 5) is 94.6. The van der Waals surface area contributed by atoms with E-state index in [4.69, 9.17) is 4.99 Å². The molecule has 4 rings (SSSR count). The smallest absolute Gasteiger partial charge is 0.244 e. The van der Waals surface area contributed by atoms with Gasteiger partial charge in [-0.1, -0.05) is 118 Å². The van der Waals surface area contributed by atoms with Gasteiger partial charge in [-0.2, -0.15) is 0 Å². The highest BCUT2D eigenvalue weighted by Crippen LogP contribution is 2.29. The number of amidine groups is 1. The molecule has 59 heavy (non-hydrogen) atoms. The molecule has 5 amide bonds. The fraction of sp³-hybridized carbons (Fsp3) is 0.628. The first-order valence-corrected chi connectivity index (χ1v) is 22.4. The lowest BCUT2D eigenvalue weighted by molar-refractivity contribution is -0.140. The van der Waals surface area contributed by atoms with Crippen LogP contribution in [-0.4, -0.2) is 99.4 Å². The molecule has 1 saturated heterocycles. The van der Waals surface area contributed by atoms with Crippen LogP contribution in [0.1, 0.15) is 112 Å². The Morgan fingerprint density at radius 3 is 2.22 bits per heavy atom. The summed E-state index contributed by atoms with van der Waals surface area (Å²) in [6.07, 6.45) is 2.28. The Bertz CT molecular complexity index is 1820. The molecule has 1 aromatic carbocycles. The lowest BCUT2D eigenvalue weighted by atomic mass is 9.82. The van der Waals surface area contributed by atoms with E-state index in [0.29, 0.717) is 23.7 Å². The molecule has 14 nitrogen and oxygen atoms in total. The number of aliphatic imine (C=N–C) groups is 1. The standard InChI is InChI=1S/C43H64N8O6S2/c1-12-58-30(53)22-28(41-44-19-21-59-41)46-38(55)32(26(5)27-16-14-13-15-17-27)48-40(57)35(43(9,10)11)49-36-34(42(6,7)8)50-37(54)31(24(2)3)47-39(56)33-25(4)18-20-51(33)29(52)23-45-36/h13-17,19,21,24-26,28,31-35H,12,18,20,22-23H2,1-11H3,(H,45,49)(H,46,55)(H,47,56)(H,48,57)(H,50,54)/t25-,26+,28-,31+,32+,33+,34-,35-/m1/s1. The Labute approximate surface area is 357 Å². The molecule has 324 valence electrons. The van der Waals surface area contributed by atoms with Gasteiger partial charge >= 0.3 is 0 Å². The van der Waals surface area contributed by atoms with Crippen LogP contribution < -0.4 is 26.6 Å². The van der Waals surface area contributed by atoms with Crippen molar-refractivity contribution in [1.29, 1.82) is 0 Å². The number of hydrogen-bond acceptors (Lipinski definition) is 11. The molecular formula is C43H64N8O6S2. The van der Waals surface area contributed by atoms with E-state index in [2.05, 4.69) is 31.6 Å². The van der Waals surface area contributed by atoms with Crippen LogP contribution in [0.4, 0.5) is 0 Å². The summed E-state index contributed by atoms with van der Waals surface area (Å²) in [6, 6.07) is 4.10. The van der Waals surface area contributed by atoms with Crippen molar-refractivity contribution >= 4 is 63.6 Å². The number of hydrogen-bond donors (Lipinski definition) is 5. The first-order valence-electron chi connectivity index (χ1n) is 20.6. The normalized spacial score (nSPS) is 22.7. The second-order valence-corrected chi connectivity index (χ2v) is 20.4. The Kier molecular flexibility index (Phi) is 16.3. The van der Waals surface area contributed by atoms with Gasteiger partial charge in [0, 0.05) is 30.5 Å². The van der Waals surface area contributed by atoms with E-state index < -0.39 is 70.7 Å². The fourth-order valence-electron chi connectivity index (χ4n) is 7.47. The van der Waals surface area contributed by atoms with Crippen LogP contribution in [0.5, 0.6) is 0 Å². The van der Waals surface area contributed by atoms with Crippen LogP contribution in [0, 0.1) is 22.7 Å². The largest absolute Gasteiger partial charge is 0.360 e. The number of thiazole rings is 1. The minimum absolute atomic E-state index is 0.0290. The summed E-state index contributed by atoms with van der Waals surface area (Å²) in [5, 5.41) is 17.8. The molecule has 16 heteroatoms. The average Bonchev–Trinajstić information content (AvgIpc) is 3.84. The summed E-state index contributed by atoms with van der Waals surface area (Å²) in [5.41, 5.74) is -0.663. The van der Waals surface area contributed by atoms with Crippen molar-refractivity contribution in [3.8, 4) is 0 Å². The number of aromatic nitrogens is 1. The monoisotopic (exact) mass is 852 g/mol. The first-order chi connectivity index (χ1) is 27.6. The third-order valence-corrected chi connectivity index (χ3v) is 12.6. The van der Waals surface area contributed by atoms with Crippen molar-refractivity contribution in [2.75, 3.05) is 18.8 Å².